The first-order valence-electron chi connectivity index (χ1n) is 10.0. The molecule has 0 aliphatic heterocycles. The number of hydrogen-bond acceptors (Lipinski definition) is 5. The average Bonchev–Trinajstić information content (AvgIpc) is 3.25. The third-order valence-corrected chi connectivity index (χ3v) is 4.25. The maximum absolute atomic E-state index is 5.95. The molecule has 7 nitrogen and oxygen atoms in total. The molecular weight excluding hydrogens is 380 g/mol. The number of hydrogen-bond donors (Lipinski definition) is 2. The summed E-state index contributed by atoms with van der Waals surface area (Å²) in [5.74, 6) is 2.83. The molecule has 0 amide bonds. The summed E-state index contributed by atoms with van der Waals surface area (Å²) in [7, 11) is 1.64. The zero-order chi connectivity index (χ0) is 21.2. The van der Waals surface area contributed by atoms with Crippen LogP contribution in [0.25, 0.3) is 11.5 Å². The van der Waals surface area contributed by atoms with Crippen LogP contribution >= 0.6 is 0 Å². The van der Waals surface area contributed by atoms with Gasteiger partial charge >= 0.3 is 0 Å². The predicted molar refractivity (Wildman–Crippen MR) is 118 cm³/mol. The fourth-order valence-corrected chi connectivity index (χ4v) is 2.78. The summed E-state index contributed by atoms with van der Waals surface area (Å²) in [6.07, 6.45) is 1.59. The van der Waals surface area contributed by atoms with Crippen molar-refractivity contribution in [2.75, 3.05) is 20.2 Å². The van der Waals surface area contributed by atoms with Crippen molar-refractivity contribution in [1.82, 2.24) is 15.6 Å². The van der Waals surface area contributed by atoms with Crippen LogP contribution < -0.4 is 20.1 Å². The van der Waals surface area contributed by atoms with Gasteiger partial charge in [-0.1, -0.05) is 24.3 Å². The van der Waals surface area contributed by atoms with Gasteiger partial charge in [0, 0.05) is 18.2 Å². The van der Waals surface area contributed by atoms with E-state index in [9.17, 15) is 0 Å². The molecule has 3 rings (SSSR count). The van der Waals surface area contributed by atoms with Gasteiger partial charge < -0.3 is 24.5 Å². The second-order valence-electron chi connectivity index (χ2n) is 6.69. The van der Waals surface area contributed by atoms with E-state index in [1.54, 1.807) is 13.4 Å². The summed E-state index contributed by atoms with van der Waals surface area (Å²) < 4.78 is 16.8. The van der Waals surface area contributed by atoms with Crippen LogP contribution in [0.2, 0.25) is 0 Å². The van der Waals surface area contributed by atoms with Crippen molar-refractivity contribution >= 4 is 5.96 Å². The number of ether oxygens (including phenoxy) is 2. The molecule has 0 aliphatic carbocycles. The SMILES string of the molecule is CCNC(=NCc1coc(-c2ccccc2)n1)NCC(C)Oc1cccc(OC)c1. The Labute approximate surface area is 177 Å². The molecule has 2 N–H and O–H groups in total. The smallest absolute Gasteiger partial charge is 0.226 e. The summed E-state index contributed by atoms with van der Waals surface area (Å²) in [5, 5.41) is 6.54. The topological polar surface area (TPSA) is 80.9 Å². The molecule has 0 saturated heterocycles. The Morgan fingerprint density at radius 2 is 1.90 bits per heavy atom. The summed E-state index contributed by atoms with van der Waals surface area (Å²) in [5.41, 5.74) is 1.72. The van der Waals surface area contributed by atoms with Gasteiger partial charge in [-0.15, -0.1) is 0 Å². The monoisotopic (exact) mass is 408 g/mol. The molecular formula is C23H28N4O3. The Bertz CT molecular complexity index is 940. The molecule has 0 bridgehead atoms. The van der Waals surface area contributed by atoms with Crippen LogP contribution in [0.15, 0.2) is 70.3 Å². The summed E-state index contributed by atoms with van der Waals surface area (Å²) >= 11 is 0. The standard InChI is InChI=1S/C23H28N4O3/c1-4-24-23(25-14-17(2)30-21-12-8-11-20(13-21)28-3)26-15-19-16-29-22(27-19)18-9-6-5-7-10-18/h5-13,16-17H,4,14-15H2,1-3H3,(H2,24,25,26). The van der Waals surface area contributed by atoms with E-state index in [1.165, 1.54) is 0 Å². The van der Waals surface area contributed by atoms with Crippen LogP contribution in [0.3, 0.4) is 0 Å². The lowest BCUT2D eigenvalue weighted by atomic mass is 10.2. The van der Waals surface area contributed by atoms with Crippen molar-refractivity contribution in [2.45, 2.75) is 26.5 Å². The average molecular weight is 409 g/mol. The van der Waals surface area contributed by atoms with Crippen LogP contribution in [0, 0.1) is 0 Å². The number of benzene rings is 2. The van der Waals surface area contributed by atoms with Gasteiger partial charge in [0.05, 0.1) is 20.2 Å². The van der Waals surface area contributed by atoms with Gasteiger partial charge in [-0.3, -0.25) is 0 Å². The van der Waals surface area contributed by atoms with E-state index >= 15 is 0 Å². The van der Waals surface area contributed by atoms with Gasteiger partial charge in [0.1, 0.15) is 29.6 Å². The van der Waals surface area contributed by atoms with Gasteiger partial charge in [-0.25, -0.2) is 9.98 Å². The largest absolute Gasteiger partial charge is 0.497 e. The highest BCUT2D eigenvalue weighted by Gasteiger charge is 2.08. The maximum atomic E-state index is 5.95. The molecule has 0 spiro atoms. The van der Waals surface area contributed by atoms with Crippen molar-refractivity contribution in [1.29, 1.82) is 0 Å². The summed E-state index contributed by atoms with van der Waals surface area (Å²) in [4.78, 5) is 9.11. The van der Waals surface area contributed by atoms with Crippen LogP contribution in [0.4, 0.5) is 0 Å². The van der Waals surface area contributed by atoms with E-state index in [0.29, 0.717) is 24.9 Å². The first-order chi connectivity index (χ1) is 14.7. The van der Waals surface area contributed by atoms with Gasteiger partial charge in [0.15, 0.2) is 5.96 Å². The Hall–Kier alpha value is -3.48. The molecule has 1 heterocycles. The quantitative estimate of drug-likeness (QED) is 0.413. The fraction of sp³-hybridized carbons (Fsp3) is 0.304. The minimum Gasteiger partial charge on any atom is -0.497 e. The van der Waals surface area contributed by atoms with Gasteiger partial charge in [0.25, 0.3) is 0 Å². The normalized spacial score (nSPS) is 12.3. The molecule has 30 heavy (non-hydrogen) atoms. The van der Waals surface area contributed by atoms with Crippen LogP contribution in [0.5, 0.6) is 11.5 Å². The Morgan fingerprint density at radius 1 is 1.10 bits per heavy atom. The number of aliphatic imine (C=N–C) groups is 1. The zero-order valence-corrected chi connectivity index (χ0v) is 17.6. The molecule has 3 aromatic rings. The number of oxazole rings is 1. The lowest BCUT2D eigenvalue weighted by molar-refractivity contribution is 0.223. The molecule has 2 aromatic carbocycles. The third-order valence-electron chi connectivity index (χ3n) is 4.25. The van der Waals surface area contributed by atoms with Gasteiger partial charge in [-0.05, 0) is 38.1 Å². The van der Waals surface area contributed by atoms with Crippen LogP contribution in [-0.2, 0) is 6.54 Å². The van der Waals surface area contributed by atoms with Crippen LogP contribution in [0.1, 0.15) is 19.5 Å². The van der Waals surface area contributed by atoms with E-state index in [2.05, 4.69) is 20.6 Å². The number of methoxy groups -OCH3 is 1. The second-order valence-corrected chi connectivity index (χ2v) is 6.69. The molecule has 0 radical (unpaired) electrons. The highest BCUT2D eigenvalue weighted by molar-refractivity contribution is 5.79. The lowest BCUT2D eigenvalue weighted by Crippen LogP contribution is -2.41. The fourth-order valence-electron chi connectivity index (χ4n) is 2.78. The molecule has 1 atom stereocenters. The Balaban J connectivity index is 1.54. The van der Waals surface area contributed by atoms with E-state index < -0.39 is 0 Å². The van der Waals surface area contributed by atoms with Crippen molar-refractivity contribution in [2.24, 2.45) is 4.99 Å². The van der Waals surface area contributed by atoms with E-state index in [4.69, 9.17) is 13.9 Å². The maximum Gasteiger partial charge on any atom is 0.226 e. The first kappa shape index (κ1) is 21.2. The highest BCUT2D eigenvalue weighted by atomic mass is 16.5. The number of guanidine groups is 1. The minimum atomic E-state index is -0.0577. The molecule has 0 fully saturated rings. The van der Waals surface area contributed by atoms with E-state index in [1.807, 2.05) is 68.4 Å². The van der Waals surface area contributed by atoms with E-state index in [0.717, 1.165) is 29.3 Å². The lowest BCUT2D eigenvalue weighted by Gasteiger charge is -2.18. The van der Waals surface area contributed by atoms with Crippen molar-refractivity contribution in [3.05, 3.63) is 66.6 Å². The number of nitrogens with zero attached hydrogens (tertiary/aromatic N) is 2. The molecule has 158 valence electrons. The Kier molecular flexibility index (Phi) is 7.71. The number of nitrogens with one attached hydrogen (secondary N) is 2. The number of rotatable bonds is 9. The van der Waals surface area contributed by atoms with Crippen molar-refractivity contribution < 1.29 is 13.9 Å². The third kappa shape index (κ3) is 6.27. The first-order valence-corrected chi connectivity index (χ1v) is 10.0. The number of aromatic nitrogens is 1. The molecule has 0 saturated carbocycles. The van der Waals surface area contributed by atoms with E-state index in [-0.39, 0.29) is 6.10 Å². The predicted octanol–water partition coefficient (Wildman–Crippen LogP) is 3.87. The molecule has 0 aliphatic rings. The van der Waals surface area contributed by atoms with Gasteiger partial charge in [-0.2, -0.15) is 0 Å². The molecule has 1 aromatic heterocycles. The van der Waals surface area contributed by atoms with Crippen LogP contribution in [-0.4, -0.2) is 37.2 Å². The molecule has 7 heteroatoms. The highest BCUT2D eigenvalue weighted by Crippen LogP contribution is 2.20. The minimum absolute atomic E-state index is 0.0577. The molecule has 1 unspecified atom stereocenters. The van der Waals surface area contributed by atoms with Crippen molar-refractivity contribution in [3.8, 4) is 23.0 Å². The zero-order valence-electron chi connectivity index (χ0n) is 17.6. The Morgan fingerprint density at radius 3 is 2.67 bits per heavy atom. The summed E-state index contributed by atoms with van der Waals surface area (Å²) in [6.45, 7) is 5.79. The van der Waals surface area contributed by atoms with Gasteiger partial charge in [0.2, 0.25) is 5.89 Å². The van der Waals surface area contributed by atoms with Crippen molar-refractivity contribution in [3.63, 3.8) is 0 Å². The second kappa shape index (κ2) is 10.9. The summed E-state index contributed by atoms with van der Waals surface area (Å²) in [6, 6.07) is 17.4.